The molecule has 0 amide bonds. The third-order valence-electron chi connectivity index (χ3n) is 3.53. The molecule has 108 valence electrons. The van der Waals surface area contributed by atoms with Gasteiger partial charge in [0.2, 0.25) is 0 Å². The molecule has 1 N–H and O–H groups in total. The first kappa shape index (κ1) is 15.8. The molecular weight excluding hydrogens is 238 g/mol. The summed E-state index contributed by atoms with van der Waals surface area (Å²) in [6.45, 7) is 9.90. The molecule has 0 radical (unpaired) electrons. The van der Waals surface area contributed by atoms with Crippen molar-refractivity contribution in [1.29, 1.82) is 0 Å². The second kappa shape index (κ2) is 6.80. The van der Waals surface area contributed by atoms with Gasteiger partial charge in [0.05, 0.1) is 14.2 Å². The van der Waals surface area contributed by atoms with E-state index in [0.29, 0.717) is 6.04 Å². The first-order chi connectivity index (χ1) is 8.94. The number of methoxy groups -OCH3 is 2. The van der Waals surface area contributed by atoms with Crippen LogP contribution in [-0.4, -0.2) is 26.8 Å². The molecule has 0 aliphatic rings. The van der Waals surface area contributed by atoms with Crippen LogP contribution in [0.25, 0.3) is 0 Å². The molecule has 1 aromatic carbocycles. The molecule has 0 aliphatic carbocycles. The van der Waals surface area contributed by atoms with Crippen LogP contribution < -0.4 is 14.8 Å². The molecule has 1 aromatic rings. The van der Waals surface area contributed by atoms with Crippen molar-refractivity contribution in [1.82, 2.24) is 5.32 Å². The van der Waals surface area contributed by atoms with Gasteiger partial charge in [-0.25, -0.2) is 0 Å². The molecular formula is C16H27NO2. The van der Waals surface area contributed by atoms with Gasteiger partial charge in [0.15, 0.2) is 11.5 Å². The molecule has 1 rings (SSSR count). The van der Waals surface area contributed by atoms with E-state index in [9.17, 15) is 0 Å². The Bertz CT molecular complexity index is 402. The highest BCUT2D eigenvalue weighted by atomic mass is 16.5. The molecule has 1 atom stereocenters. The molecule has 0 fully saturated rings. The van der Waals surface area contributed by atoms with Gasteiger partial charge >= 0.3 is 0 Å². The van der Waals surface area contributed by atoms with Gasteiger partial charge < -0.3 is 14.8 Å². The van der Waals surface area contributed by atoms with E-state index in [2.05, 4.69) is 45.1 Å². The largest absolute Gasteiger partial charge is 0.493 e. The van der Waals surface area contributed by atoms with Crippen molar-refractivity contribution in [2.24, 2.45) is 0 Å². The summed E-state index contributed by atoms with van der Waals surface area (Å²) < 4.78 is 10.7. The smallest absolute Gasteiger partial charge is 0.161 e. The van der Waals surface area contributed by atoms with Crippen molar-refractivity contribution in [3.05, 3.63) is 23.8 Å². The molecule has 0 bridgehead atoms. The Hall–Kier alpha value is -1.22. The zero-order valence-corrected chi connectivity index (χ0v) is 13.0. The molecule has 1 unspecified atom stereocenters. The van der Waals surface area contributed by atoms with Crippen molar-refractivity contribution < 1.29 is 9.47 Å². The van der Waals surface area contributed by atoms with E-state index in [1.807, 2.05) is 6.07 Å². The van der Waals surface area contributed by atoms with Crippen molar-refractivity contribution in [2.45, 2.75) is 45.6 Å². The predicted octanol–water partition coefficient (Wildman–Crippen LogP) is 3.37. The Morgan fingerprint density at radius 2 is 1.79 bits per heavy atom. The minimum absolute atomic E-state index is 0.0984. The quantitative estimate of drug-likeness (QED) is 0.820. The lowest BCUT2D eigenvalue weighted by molar-refractivity contribution is 0.350. The lowest BCUT2D eigenvalue weighted by atomic mass is 9.79. The Labute approximate surface area is 117 Å². The monoisotopic (exact) mass is 265 g/mol. The summed E-state index contributed by atoms with van der Waals surface area (Å²) in [7, 11) is 3.34. The Kier molecular flexibility index (Phi) is 5.67. The molecule has 0 saturated carbocycles. The van der Waals surface area contributed by atoms with Gasteiger partial charge in [-0.3, -0.25) is 0 Å². The standard InChI is InChI=1S/C16H27NO2/c1-7-17-12(2)11-16(3,4)13-8-9-14(18-5)15(10-13)19-6/h8-10,12,17H,7,11H2,1-6H3. The number of ether oxygens (including phenoxy) is 2. The van der Waals surface area contributed by atoms with E-state index in [4.69, 9.17) is 9.47 Å². The van der Waals surface area contributed by atoms with Gasteiger partial charge in [-0.05, 0) is 43.0 Å². The second-order valence-corrected chi connectivity index (χ2v) is 5.62. The number of benzene rings is 1. The maximum absolute atomic E-state index is 5.38. The highest BCUT2D eigenvalue weighted by Gasteiger charge is 2.24. The molecule has 0 aliphatic heterocycles. The summed E-state index contributed by atoms with van der Waals surface area (Å²) >= 11 is 0. The highest BCUT2D eigenvalue weighted by Crippen LogP contribution is 2.35. The van der Waals surface area contributed by atoms with Gasteiger partial charge in [-0.1, -0.05) is 26.8 Å². The van der Waals surface area contributed by atoms with E-state index in [0.717, 1.165) is 24.5 Å². The molecule has 0 spiro atoms. The van der Waals surface area contributed by atoms with E-state index in [1.54, 1.807) is 14.2 Å². The summed E-state index contributed by atoms with van der Waals surface area (Å²) in [5.74, 6) is 1.57. The Balaban J connectivity index is 2.94. The fourth-order valence-electron chi connectivity index (χ4n) is 2.56. The SMILES string of the molecule is CCNC(C)CC(C)(C)c1ccc(OC)c(OC)c1. The maximum Gasteiger partial charge on any atom is 0.161 e. The first-order valence-corrected chi connectivity index (χ1v) is 6.90. The van der Waals surface area contributed by atoms with Crippen molar-refractivity contribution in [3.8, 4) is 11.5 Å². The molecule has 0 saturated heterocycles. The van der Waals surface area contributed by atoms with Crippen molar-refractivity contribution in [3.63, 3.8) is 0 Å². The maximum atomic E-state index is 5.38. The topological polar surface area (TPSA) is 30.5 Å². The van der Waals surface area contributed by atoms with Gasteiger partial charge in [0.25, 0.3) is 0 Å². The van der Waals surface area contributed by atoms with Crippen LogP contribution in [0.3, 0.4) is 0 Å². The summed E-state index contributed by atoms with van der Waals surface area (Å²) in [5.41, 5.74) is 1.37. The minimum Gasteiger partial charge on any atom is -0.493 e. The average molecular weight is 265 g/mol. The number of hydrogen-bond donors (Lipinski definition) is 1. The van der Waals surface area contributed by atoms with Gasteiger partial charge in [-0.15, -0.1) is 0 Å². The van der Waals surface area contributed by atoms with E-state index >= 15 is 0 Å². The highest BCUT2D eigenvalue weighted by molar-refractivity contribution is 5.44. The van der Waals surface area contributed by atoms with E-state index in [1.165, 1.54) is 5.56 Å². The van der Waals surface area contributed by atoms with Crippen LogP contribution in [0.15, 0.2) is 18.2 Å². The summed E-state index contributed by atoms with van der Waals surface area (Å²) in [4.78, 5) is 0. The average Bonchev–Trinajstić information content (AvgIpc) is 2.37. The van der Waals surface area contributed by atoms with Crippen LogP contribution in [-0.2, 0) is 5.41 Å². The normalized spacial score (nSPS) is 13.2. The third-order valence-corrected chi connectivity index (χ3v) is 3.53. The van der Waals surface area contributed by atoms with E-state index < -0.39 is 0 Å². The van der Waals surface area contributed by atoms with Crippen LogP contribution in [0.4, 0.5) is 0 Å². The predicted molar refractivity (Wildman–Crippen MR) is 80.3 cm³/mol. The number of hydrogen-bond acceptors (Lipinski definition) is 3. The molecule has 0 heterocycles. The van der Waals surface area contributed by atoms with Gasteiger partial charge in [0.1, 0.15) is 0 Å². The van der Waals surface area contributed by atoms with Gasteiger partial charge in [-0.2, -0.15) is 0 Å². The first-order valence-electron chi connectivity index (χ1n) is 6.90. The van der Waals surface area contributed by atoms with Crippen LogP contribution in [0, 0.1) is 0 Å². The van der Waals surface area contributed by atoms with Crippen molar-refractivity contribution in [2.75, 3.05) is 20.8 Å². The lowest BCUT2D eigenvalue weighted by Crippen LogP contribution is -2.33. The van der Waals surface area contributed by atoms with E-state index in [-0.39, 0.29) is 5.41 Å². The second-order valence-electron chi connectivity index (χ2n) is 5.62. The van der Waals surface area contributed by atoms with Crippen molar-refractivity contribution >= 4 is 0 Å². The summed E-state index contributed by atoms with van der Waals surface area (Å²) in [6.07, 6.45) is 1.08. The van der Waals surface area contributed by atoms with Crippen LogP contribution in [0.2, 0.25) is 0 Å². The molecule has 0 aromatic heterocycles. The number of nitrogens with one attached hydrogen (secondary N) is 1. The fourth-order valence-corrected chi connectivity index (χ4v) is 2.56. The molecule has 3 nitrogen and oxygen atoms in total. The zero-order valence-electron chi connectivity index (χ0n) is 13.0. The fraction of sp³-hybridized carbons (Fsp3) is 0.625. The van der Waals surface area contributed by atoms with Crippen LogP contribution >= 0.6 is 0 Å². The van der Waals surface area contributed by atoms with Gasteiger partial charge in [0, 0.05) is 6.04 Å². The summed E-state index contributed by atoms with van der Waals surface area (Å²) in [5, 5.41) is 3.47. The molecule has 19 heavy (non-hydrogen) atoms. The lowest BCUT2D eigenvalue weighted by Gasteiger charge is -2.29. The number of rotatable bonds is 7. The van der Waals surface area contributed by atoms with Crippen LogP contribution in [0.1, 0.15) is 39.7 Å². The Morgan fingerprint density at radius 1 is 1.16 bits per heavy atom. The minimum atomic E-state index is 0.0984. The summed E-state index contributed by atoms with van der Waals surface area (Å²) in [6, 6.07) is 6.68. The zero-order chi connectivity index (χ0) is 14.5. The van der Waals surface area contributed by atoms with Crippen LogP contribution in [0.5, 0.6) is 11.5 Å². The Morgan fingerprint density at radius 3 is 2.32 bits per heavy atom. The third kappa shape index (κ3) is 4.13. The molecule has 3 heteroatoms.